The largest absolute Gasteiger partial charge is 0.414 e. The van der Waals surface area contributed by atoms with Crippen LogP contribution in [0.15, 0.2) is 60.7 Å². The number of anilines is 1. The van der Waals surface area contributed by atoms with Crippen molar-refractivity contribution in [2.45, 2.75) is 32.2 Å². The summed E-state index contributed by atoms with van der Waals surface area (Å²) in [5, 5.41) is 9.92. The fourth-order valence-corrected chi connectivity index (χ4v) is 3.57. The summed E-state index contributed by atoms with van der Waals surface area (Å²) in [6.45, 7) is 1.03. The number of carbonyl (C=O) groups is 2. The van der Waals surface area contributed by atoms with E-state index in [1.54, 1.807) is 35.0 Å². The van der Waals surface area contributed by atoms with E-state index in [-0.39, 0.29) is 31.4 Å². The lowest BCUT2D eigenvalue weighted by Gasteiger charge is -2.16. The van der Waals surface area contributed by atoms with Gasteiger partial charge in [-0.1, -0.05) is 36.4 Å². The highest BCUT2D eigenvalue weighted by atomic mass is 19.4. The van der Waals surface area contributed by atoms with Gasteiger partial charge in [0, 0.05) is 24.6 Å². The number of aromatic nitrogens is 2. The predicted octanol–water partition coefficient (Wildman–Crippen LogP) is 4.08. The Morgan fingerprint density at radius 1 is 1.21 bits per heavy atom. The number of benzene rings is 2. The molecule has 10 heteroatoms. The molecule has 4 rings (SSSR count). The molecular formula is C24H23F3N4O3. The summed E-state index contributed by atoms with van der Waals surface area (Å²) in [6.07, 6.45) is -6.20. The molecule has 1 fully saturated rings. The lowest BCUT2D eigenvalue weighted by atomic mass is 10.1. The predicted molar refractivity (Wildman–Crippen MR) is 119 cm³/mol. The van der Waals surface area contributed by atoms with E-state index in [0.717, 1.165) is 12.6 Å². The summed E-state index contributed by atoms with van der Waals surface area (Å²) in [6, 6.07) is 17.9. The normalized spacial score (nSPS) is 16.8. The summed E-state index contributed by atoms with van der Waals surface area (Å²) in [4.78, 5) is 24.0. The molecule has 0 aliphatic carbocycles. The Balaban J connectivity index is 1.61. The van der Waals surface area contributed by atoms with Crippen LogP contribution in [-0.4, -0.2) is 40.4 Å². The highest BCUT2D eigenvalue weighted by molar-refractivity contribution is 5.97. The van der Waals surface area contributed by atoms with Crippen LogP contribution < -0.4 is 10.6 Å². The van der Waals surface area contributed by atoms with Crippen LogP contribution in [0, 0.1) is 5.92 Å². The third-order valence-corrected chi connectivity index (χ3v) is 5.49. The molecular weight excluding hydrogens is 449 g/mol. The number of amides is 2. The smallest absolute Gasteiger partial charge is 0.364 e. The van der Waals surface area contributed by atoms with Gasteiger partial charge in [0.05, 0.1) is 23.9 Å². The van der Waals surface area contributed by atoms with E-state index in [1.165, 1.54) is 0 Å². The lowest BCUT2D eigenvalue weighted by Crippen LogP contribution is -2.28. The molecule has 2 N–H and O–H groups in total. The number of alkyl halides is 3. The molecule has 1 saturated heterocycles. The van der Waals surface area contributed by atoms with Gasteiger partial charge in [0.2, 0.25) is 11.8 Å². The van der Waals surface area contributed by atoms with Crippen LogP contribution in [0.1, 0.15) is 18.9 Å². The number of nitrogens with one attached hydrogen (secondary N) is 2. The van der Waals surface area contributed by atoms with E-state index in [0.29, 0.717) is 22.6 Å². The van der Waals surface area contributed by atoms with Crippen molar-refractivity contribution in [3.63, 3.8) is 0 Å². The number of para-hydroxylation sites is 1. The fourth-order valence-electron chi connectivity index (χ4n) is 3.57. The van der Waals surface area contributed by atoms with Crippen molar-refractivity contribution in [2.24, 2.45) is 5.92 Å². The molecule has 7 nitrogen and oxygen atoms in total. The van der Waals surface area contributed by atoms with Crippen LogP contribution in [0.5, 0.6) is 0 Å². The Bertz CT molecular complexity index is 1180. The second-order valence-electron chi connectivity index (χ2n) is 8.05. The molecule has 2 amide bonds. The Morgan fingerprint density at radius 2 is 1.97 bits per heavy atom. The first-order chi connectivity index (χ1) is 16.2. The number of ether oxygens (including phenoxy) is 1. The van der Waals surface area contributed by atoms with Gasteiger partial charge in [0.25, 0.3) is 0 Å². The van der Waals surface area contributed by atoms with Crippen LogP contribution in [0.2, 0.25) is 0 Å². The maximum Gasteiger partial charge on any atom is 0.414 e. The minimum Gasteiger partial charge on any atom is -0.364 e. The van der Waals surface area contributed by atoms with Gasteiger partial charge in [-0.15, -0.1) is 5.10 Å². The minimum absolute atomic E-state index is 0.122. The van der Waals surface area contributed by atoms with Gasteiger partial charge >= 0.3 is 6.18 Å². The van der Waals surface area contributed by atoms with Crippen LogP contribution >= 0.6 is 0 Å². The zero-order valence-corrected chi connectivity index (χ0v) is 18.3. The highest BCUT2D eigenvalue weighted by Gasteiger charge is 2.36. The van der Waals surface area contributed by atoms with Crippen molar-refractivity contribution in [2.75, 3.05) is 11.9 Å². The summed E-state index contributed by atoms with van der Waals surface area (Å²) in [7, 11) is 0. The molecule has 1 aliphatic heterocycles. The molecule has 2 heterocycles. The molecule has 1 aromatic heterocycles. The number of carbonyl (C=O) groups excluding carboxylic acids is 2. The second kappa shape index (κ2) is 9.68. The van der Waals surface area contributed by atoms with Crippen molar-refractivity contribution >= 4 is 17.6 Å². The third-order valence-electron chi connectivity index (χ3n) is 5.49. The molecule has 0 radical (unpaired) electrons. The van der Waals surface area contributed by atoms with Crippen LogP contribution in [0.3, 0.4) is 0 Å². The van der Waals surface area contributed by atoms with Crippen LogP contribution in [0.25, 0.3) is 16.9 Å². The van der Waals surface area contributed by atoms with Gasteiger partial charge in [0.1, 0.15) is 0 Å². The van der Waals surface area contributed by atoms with Crippen molar-refractivity contribution in [3.8, 4) is 16.9 Å². The second-order valence-corrected chi connectivity index (χ2v) is 8.05. The quantitative estimate of drug-likeness (QED) is 0.543. The first kappa shape index (κ1) is 23.5. The molecule has 0 saturated carbocycles. The molecule has 0 bridgehead atoms. The van der Waals surface area contributed by atoms with Crippen molar-refractivity contribution in [3.05, 3.63) is 66.2 Å². The third kappa shape index (κ3) is 5.45. The lowest BCUT2D eigenvalue weighted by molar-refractivity contribution is -0.217. The van der Waals surface area contributed by atoms with E-state index in [4.69, 9.17) is 4.74 Å². The van der Waals surface area contributed by atoms with E-state index in [9.17, 15) is 22.8 Å². The topological polar surface area (TPSA) is 85.2 Å². The van der Waals surface area contributed by atoms with Crippen molar-refractivity contribution in [1.82, 2.24) is 15.1 Å². The fraction of sp³-hybridized carbons (Fsp3) is 0.292. The van der Waals surface area contributed by atoms with Gasteiger partial charge in [-0.3, -0.25) is 9.59 Å². The van der Waals surface area contributed by atoms with E-state index >= 15 is 0 Å². The maximum atomic E-state index is 12.8. The number of hydrogen-bond donors (Lipinski definition) is 2. The first-order valence-electron chi connectivity index (χ1n) is 10.7. The molecule has 0 spiro atoms. The van der Waals surface area contributed by atoms with Crippen molar-refractivity contribution in [1.29, 1.82) is 0 Å². The summed E-state index contributed by atoms with van der Waals surface area (Å²) < 4.78 is 45.0. The first-order valence-corrected chi connectivity index (χ1v) is 10.7. The van der Waals surface area contributed by atoms with Gasteiger partial charge < -0.3 is 15.4 Å². The monoisotopic (exact) mass is 472 g/mol. The summed E-state index contributed by atoms with van der Waals surface area (Å²) in [5.41, 5.74) is 2.63. The van der Waals surface area contributed by atoms with Gasteiger partial charge in [-0.05, 0) is 30.7 Å². The number of rotatable bonds is 7. The Hall–Kier alpha value is -3.66. The molecule has 3 aromatic rings. The summed E-state index contributed by atoms with van der Waals surface area (Å²) in [5.74, 6) is -0.662. The maximum absolute atomic E-state index is 12.8. The Morgan fingerprint density at radius 3 is 2.65 bits per heavy atom. The van der Waals surface area contributed by atoms with Crippen LogP contribution in [0.4, 0.5) is 19.0 Å². The molecule has 34 heavy (non-hydrogen) atoms. The van der Waals surface area contributed by atoms with Gasteiger partial charge in [-0.2, -0.15) is 13.2 Å². The molecule has 2 atom stereocenters. The van der Waals surface area contributed by atoms with Gasteiger partial charge in [-0.25, -0.2) is 4.68 Å². The van der Waals surface area contributed by atoms with Crippen LogP contribution in [-0.2, 0) is 20.9 Å². The van der Waals surface area contributed by atoms with E-state index in [1.807, 2.05) is 30.3 Å². The molecule has 1 aliphatic rings. The number of nitrogens with zero attached hydrogens (tertiary/aromatic N) is 2. The van der Waals surface area contributed by atoms with E-state index in [2.05, 4.69) is 15.7 Å². The zero-order chi connectivity index (χ0) is 24.3. The molecule has 2 aromatic carbocycles. The van der Waals surface area contributed by atoms with Crippen molar-refractivity contribution < 1.29 is 27.5 Å². The SMILES string of the molecule is C[C@H](OCc1cccc(-c2cc(NC(=O)[C@@H]3CNC(=O)C3)nn2-c2ccccc2)c1)C(F)(F)F. The molecule has 178 valence electrons. The average molecular weight is 472 g/mol. The zero-order valence-electron chi connectivity index (χ0n) is 18.3. The highest BCUT2D eigenvalue weighted by Crippen LogP contribution is 2.28. The Kier molecular flexibility index (Phi) is 6.69. The number of halogens is 3. The Labute approximate surface area is 193 Å². The van der Waals surface area contributed by atoms with E-state index < -0.39 is 18.2 Å². The minimum atomic E-state index is -4.43. The standard InChI is InChI=1S/C24H23F3N4O3/c1-15(24(25,26)27)34-14-16-6-5-7-17(10-16)20-12-21(29-23(33)18-11-22(32)28-13-18)30-31(20)19-8-3-2-4-9-19/h2-10,12,15,18H,11,13-14H2,1H3,(H,28,32)(H,29,30,33)/t15-,18-/m0/s1. The molecule has 0 unspecified atom stereocenters. The van der Waals surface area contributed by atoms with Gasteiger partial charge in [0.15, 0.2) is 11.9 Å². The summed E-state index contributed by atoms with van der Waals surface area (Å²) >= 11 is 0. The average Bonchev–Trinajstić information content (AvgIpc) is 3.44. The number of hydrogen-bond acceptors (Lipinski definition) is 4.